The highest BCUT2D eigenvalue weighted by molar-refractivity contribution is 6.01. The van der Waals surface area contributed by atoms with Crippen LogP contribution in [-0.2, 0) is 14.4 Å². The van der Waals surface area contributed by atoms with Gasteiger partial charge in [-0.3, -0.25) is 15.0 Å². The van der Waals surface area contributed by atoms with Crippen LogP contribution in [0.15, 0.2) is 0 Å². The zero-order valence-electron chi connectivity index (χ0n) is 10.6. The third-order valence-corrected chi connectivity index (χ3v) is 3.44. The van der Waals surface area contributed by atoms with E-state index in [0.29, 0.717) is 0 Å². The van der Waals surface area contributed by atoms with Crippen LogP contribution in [0.4, 0.5) is 4.79 Å². The Bertz CT molecular complexity index is 414. The molecule has 114 valence electrons. The molecule has 0 aromatic heterocycles. The predicted octanol–water partition coefficient (Wildman–Crippen LogP) is -2.43. The van der Waals surface area contributed by atoms with Crippen LogP contribution in [0, 0.1) is 0 Å². The first-order valence-corrected chi connectivity index (χ1v) is 5.93. The van der Waals surface area contributed by atoms with Gasteiger partial charge < -0.3 is 20.1 Å². The highest BCUT2D eigenvalue weighted by Gasteiger charge is 2.55. The van der Waals surface area contributed by atoms with Crippen LogP contribution >= 0.6 is 0 Å². The van der Waals surface area contributed by atoms with Gasteiger partial charge in [-0.25, -0.2) is 14.9 Å². The first-order chi connectivity index (χ1) is 9.32. The summed E-state index contributed by atoms with van der Waals surface area (Å²) in [7, 11) is 0. The van der Waals surface area contributed by atoms with Gasteiger partial charge in [0, 0.05) is 6.42 Å². The molecule has 3 amide bonds. The molecular formula is C10H16N2O8. The Morgan fingerprint density at radius 1 is 1.55 bits per heavy atom. The molecule has 0 bridgehead atoms. The molecule has 20 heavy (non-hydrogen) atoms. The topological polar surface area (TPSA) is 149 Å². The second-order valence-corrected chi connectivity index (χ2v) is 4.89. The fourth-order valence-electron chi connectivity index (χ4n) is 2.26. The number of rotatable bonds is 3. The van der Waals surface area contributed by atoms with Crippen molar-refractivity contribution in [3.05, 3.63) is 0 Å². The fourth-order valence-corrected chi connectivity index (χ4v) is 2.26. The summed E-state index contributed by atoms with van der Waals surface area (Å²) < 4.78 is 5.24. The van der Waals surface area contributed by atoms with Gasteiger partial charge in [0.15, 0.2) is 5.60 Å². The molecule has 2 aliphatic rings. The van der Waals surface area contributed by atoms with Gasteiger partial charge in [0.05, 0.1) is 12.7 Å². The van der Waals surface area contributed by atoms with E-state index in [0.717, 1.165) is 11.8 Å². The summed E-state index contributed by atoms with van der Waals surface area (Å²) in [5.41, 5.74) is -2.20. The average molecular weight is 292 g/mol. The van der Waals surface area contributed by atoms with Gasteiger partial charge in [-0.1, -0.05) is 0 Å². The van der Waals surface area contributed by atoms with E-state index < -0.39 is 48.8 Å². The molecule has 0 unspecified atom stereocenters. The summed E-state index contributed by atoms with van der Waals surface area (Å²) in [5, 5.41) is 39.4. The maximum Gasteiger partial charge on any atom is 0.328 e. The molecule has 2 heterocycles. The molecule has 0 aromatic rings. The van der Waals surface area contributed by atoms with Gasteiger partial charge in [-0.05, 0) is 6.92 Å². The number of nitrogens with zero attached hydrogens (tertiary/aromatic N) is 1. The number of hydrogen-bond donors (Lipinski definition) is 5. The van der Waals surface area contributed by atoms with Gasteiger partial charge >= 0.3 is 6.03 Å². The molecule has 2 aliphatic heterocycles. The lowest BCUT2D eigenvalue weighted by molar-refractivity contribution is -0.350. The lowest BCUT2D eigenvalue weighted by atomic mass is 10.00. The molecular weight excluding hydrogens is 276 g/mol. The van der Waals surface area contributed by atoms with E-state index in [2.05, 4.69) is 4.89 Å². The van der Waals surface area contributed by atoms with Crippen LogP contribution in [0.25, 0.3) is 0 Å². The largest absolute Gasteiger partial charge is 0.394 e. The predicted molar refractivity (Wildman–Crippen MR) is 59.9 cm³/mol. The van der Waals surface area contributed by atoms with Crippen molar-refractivity contribution < 1.29 is 39.8 Å². The Morgan fingerprint density at radius 2 is 2.20 bits per heavy atom. The third-order valence-electron chi connectivity index (χ3n) is 3.44. The summed E-state index contributed by atoms with van der Waals surface area (Å²) in [6.07, 6.45) is -4.77. The van der Waals surface area contributed by atoms with Crippen LogP contribution in [0.1, 0.15) is 13.3 Å². The van der Waals surface area contributed by atoms with Crippen LogP contribution in [0.5, 0.6) is 0 Å². The molecule has 10 heteroatoms. The standard InChI is InChI=1S/C10H16N2O8/c1-10(17)7(15)11-9(16)12(8(10)20-18)6-2-4(14)5(3-13)19-6/h4-6,8,13-14,17-18H,2-3H2,1H3,(H,11,15,16)/t4-,5+,6+,8+,10+/m0/s1. The smallest absolute Gasteiger partial charge is 0.328 e. The number of nitrogens with one attached hydrogen (secondary N) is 1. The highest BCUT2D eigenvalue weighted by Crippen LogP contribution is 2.30. The number of urea groups is 1. The maximum atomic E-state index is 11.8. The third kappa shape index (κ3) is 2.26. The van der Waals surface area contributed by atoms with Crippen LogP contribution < -0.4 is 5.32 Å². The van der Waals surface area contributed by atoms with Crippen LogP contribution in [0.3, 0.4) is 0 Å². The molecule has 2 saturated heterocycles. The normalized spacial score (nSPS) is 42.0. The second kappa shape index (κ2) is 5.24. The molecule has 2 fully saturated rings. The Morgan fingerprint density at radius 3 is 2.70 bits per heavy atom. The Labute approximate surface area is 113 Å². The van der Waals surface area contributed by atoms with E-state index in [4.69, 9.17) is 15.1 Å². The Kier molecular flexibility index (Phi) is 3.95. The van der Waals surface area contributed by atoms with Gasteiger partial charge in [0.1, 0.15) is 12.3 Å². The van der Waals surface area contributed by atoms with E-state index in [1.165, 1.54) is 0 Å². The summed E-state index contributed by atoms with van der Waals surface area (Å²) in [4.78, 5) is 28.1. The lowest BCUT2D eigenvalue weighted by Gasteiger charge is -2.43. The van der Waals surface area contributed by atoms with Gasteiger partial charge in [-0.15, -0.1) is 0 Å². The number of ether oxygens (including phenoxy) is 1. The van der Waals surface area contributed by atoms with E-state index >= 15 is 0 Å². The molecule has 0 aliphatic carbocycles. The molecule has 10 nitrogen and oxygen atoms in total. The Hall–Kier alpha value is -1.30. The number of carbonyl (C=O) groups is 2. The number of imide groups is 1. The minimum absolute atomic E-state index is 0.0667. The molecule has 0 aromatic carbocycles. The first-order valence-electron chi connectivity index (χ1n) is 5.93. The quantitative estimate of drug-likeness (QED) is 0.285. The summed E-state index contributed by atoms with van der Waals surface area (Å²) in [6, 6.07) is -0.948. The van der Waals surface area contributed by atoms with Gasteiger partial charge in [0.2, 0.25) is 6.23 Å². The summed E-state index contributed by atoms with van der Waals surface area (Å²) in [5.74, 6) is -1.03. The molecule has 0 spiro atoms. The van der Waals surface area contributed by atoms with Crippen molar-refractivity contribution in [2.75, 3.05) is 6.61 Å². The highest BCUT2D eigenvalue weighted by atomic mass is 17.1. The van der Waals surface area contributed by atoms with Crippen molar-refractivity contribution in [2.45, 2.75) is 43.6 Å². The zero-order chi connectivity index (χ0) is 15.1. The average Bonchev–Trinajstić information content (AvgIpc) is 2.74. The van der Waals surface area contributed by atoms with E-state index in [1.807, 2.05) is 5.32 Å². The van der Waals surface area contributed by atoms with Crippen molar-refractivity contribution in [1.82, 2.24) is 10.2 Å². The lowest BCUT2D eigenvalue weighted by Crippen LogP contribution is -2.71. The minimum atomic E-state index is -2.20. The fraction of sp³-hybridized carbons (Fsp3) is 0.800. The van der Waals surface area contributed by atoms with Crippen LogP contribution in [0.2, 0.25) is 0 Å². The summed E-state index contributed by atoms with van der Waals surface area (Å²) in [6.45, 7) is 0.588. The number of aliphatic hydroxyl groups excluding tert-OH is 2. The molecule has 5 atom stereocenters. The van der Waals surface area contributed by atoms with E-state index in [1.54, 1.807) is 0 Å². The van der Waals surface area contributed by atoms with Crippen molar-refractivity contribution >= 4 is 11.9 Å². The molecule has 0 radical (unpaired) electrons. The Balaban J connectivity index is 2.25. The van der Waals surface area contributed by atoms with Crippen molar-refractivity contribution in [3.63, 3.8) is 0 Å². The zero-order valence-corrected chi connectivity index (χ0v) is 10.6. The minimum Gasteiger partial charge on any atom is -0.394 e. The van der Waals surface area contributed by atoms with Crippen molar-refractivity contribution in [3.8, 4) is 0 Å². The van der Waals surface area contributed by atoms with Gasteiger partial charge in [0.25, 0.3) is 5.91 Å². The monoisotopic (exact) mass is 292 g/mol. The summed E-state index contributed by atoms with van der Waals surface area (Å²) >= 11 is 0. The van der Waals surface area contributed by atoms with Crippen molar-refractivity contribution in [2.24, 2.45) is 0 Å². The first kappa shape index (κ1) is 15.1. The number of amides is 3. The number of aliphatic hydroxyl groups is 3. The number of carbonyl (C=O) groups excluding carboxylic acids is 2. The van der Waals surface area contributed by atoms with Gasteiger partial charge in [-0.2, -0.15) is 0 Å². The second-order valence-electron chi connectivity index (χ2n) is 4.89. The van der Waals surface area contributed by atoms with Crippen molar-refractivity contribution in [1.29, 1.82) is 0 Å². The number of hydrogen-bond acceptors (Lipinski definition) is 8. The van der Waals surface area contributed by atoms with Crippen LogP contribution in [-0.4, -0.2) is 74.3 Å². The maximum absolute atomic E-state index is 11.8. The molecule has 2 rings (SSSR count). The molecule has 0 saturated carbocycles. The van der Waals surface area contributed by atoms with E-state index in [-0.39, 0.29) is 6.42 Å². The SMILES string of the molecule is C[C@@]1(O)C(=O)NC(=O)N([C@H]2C[C@H](O)[C@@H](CO)O2)[C@@H]1OO. The molecule has 5 N–H and O–H groups in total. The van der Waals surface area contributed by atoms with E-state index in [9.17, 15) is 19.8 Å².